The van der Waals surface area contributed by atoms with Crippen LogP contribution < -0.4 is 0 Å². The molecule has 9 nitrogen and oxygen atoms in total. The minimum atomic E-state index is -1.84. The molecule has 0 unspecified atom stereocenters. The lowest BCUT2D eigenvalue weighted by atomic mass is 9.71. The number of carbonyl (C=O) groups excluding carboxylic acids is 2. The summed E-state index contributed by atoms with van der Waals surface area (Å²) in [7, 11) is 0. The van der Waals surface area contributed by atoms with Crippen LogP contribution in [0.2, 0.25) is 0 Å². The first-order valence-corrected chi connectivity index (χ1v) is 8.89. The van der Waals surface area contributed by atoms with Gasteiger partial charge in [0.15, 0.2) is 0 Å². The van der Waals surface area contributed by atoms with E-state index < -0.39 is 80.2 Å². The van der Waals surface area contributed by atoms with Crippen molar-refractivity contribution in [1.82, 2.24) is 0 Å². The van der Waals surface area contributed by atoms with E-state index in [2.05, 4.69) is 0 Å². The Balaban J connectivity index is 2.10. The summed E-state index contributed by atoms with van der Waals surface area (Å²) in [6.45, 7) is 1.54. The highest BCUT2D eigenvalue weighted by molar-refractivity contribution is 6.32. The molecule has 0 aromatic heterocycles. The molecule has 0 saturated heterocycles. The lowest BCUT2D eigenvalue weighted by molar-refractivity contribution is -0.117. The lowest BCUT2D eigenvalue weighted by Crippen LogP contribution is -2.42. The Morgan fingerprint density at radius 3 is 1.76 bits per heavy atom. The van der Waals surface area contributed by atoms with E-state index in [1.165, 1.54) is 0 Å². The molecule has 2 aliphatic rings. The molecule has 0 heterocycles. The van der Waals surface area contributed by atoms with Crippen LogP contribution in [0.5, 0.6) is 23.0 Å². The van der Waals surface area contributed by atoms with Crippen LogP contribution in [0.4, 0.5) is 0 Å². The molecule has 2 aliphatic carbocycles. The number of phenols is 4. The number of benzene rings is 2. The van der Waals surface area contributed by atoms with Crippen LogP contribution >= 0.6 is 0 Å². The van der Waals surface area contributed by atoms with E-state index in [1.807, 2.05) is 0 Å². The number of aliphatic hydroxyl groups is 3. The summed E-state index contributed by atoms with van der Waals surface area (Å²) in [5.74, 6) is -5.08. The van der Waals surface area contributed by atoms with Crippen molar-refractivity contribution in [2.45, 2.75) is 37.6 Å². The molecule has 0 spiro atoms. The van der Waals surface area contributed by atoms with E-state index in [0.717, 1.165) is 12.1 Å². The van der Waals surface area contributed by atoms with Crippen LogP contribution in [0, 0.1) is 0 Å². The molecular formula is C20H18O9. The number of hydrogen-bond donors (Lipinski definition) is 7. The molecule has 0 amide bonds. The topological polar surface area (TPSA) is 176 Å². The van der Waals surface area contributed by atoms with Crippen molar-refractivity contribution >= 4 is 11.6 Å². The molecule has 29 heavy (non-hydrogen) atoms. The highest BCUT2D eigenvalue weighted by Gasteiger charge is 2.50. The average molecular weight is 402 g/mol. The lowest BCUT2D eigenvalue weighted by Gasteiger charge is -2.41. The summed E-state index contributed by atoms with van der Waals surface area (Å²) in [5, 5.41) is 73.3. The van der Waals surface area contributed by atoms with Gasteiger partial charge in [-0.15, -0.1) is 0 Å². The van der Waals surface area contributed by atoms with Crippen LogP contribution in [-0.2, 0) is 0 Å². The van der Waals surface area contributed by atoms with Gasteiger partial charge in [-0.05, 0) is 18.6 Å². The molecule has 0 fully saturated rings. The molecule has 2 aromatic rings. The molecule has 0 radical (unpaired) electrons. The number of carbonyl (C=O) groups is 2. The van der Waals surface area contributed by atoms with E-state index in [1.54, 1.807) is 6.92 Å². The number of phenolic OH excluding ortho intramolecular Hbond substituents is 4. The standard InChI is InChI=1S/C20H18O9/c1-2-20(29)5-8(23)11-14(19(20)28)18(27)13-12(17(11)26)15(24)9-6(21)3-4-7(22)10(9)16(13)25/h3-4,8,19,21-23,26-29H,2,5H2,1H3/t8-,19+,20+/m0/s1. The first-order valence-electron chi connectivity index (χ1n) is 8.89. The van der Waals surface area contributed by atoms with Gasteiger partial charge in [-0.1, -0.05) is 6.92 Å². The van der Waals surface area contributed by atoms with Gasteiger partial charge in [0.2, 0.25) is 11.6 Å². The van der Waals surface area contributed by atoms with Gasteiger partial charge in [0.25, 0.3) is 0 Å². The highest BCUT2D eigenvalue weighted by atomic mass is 16.3. The fourth-order valence-corrected chi connectivity index (χ4v) is 4.26. The summed E-state index contributed by atoms with van der Waals surface area (Å²) >= 11 is 0. The monoisotopic (exact) mass is 402 g/mol. The second kappa shape index (κ2) is 5.93. The zero-order valence-corrected chi connectivity index (χ0v) is 15.2. The minimum absolute atomic E-state index is 0.00761. The van der Waals surface area contributed by atoms with Crippen molar-refractivity contribution in [2.75, 3.05) is 0 Å². The van der Waals surface area contributed by atoms with E-state index in [0.29, 0.717) is 0 Å². The van der Waals surface area contributed by atoms with E-state index >= 15 is 0 Å². The molecule has 0 saturated carbocycles. The molecule has 152 valence electrons. The van der Waals surface area contributed by atoms with Crippen molar-refractivity contribution in [3.05, 3.63) is 45.5 Å². The third-order valence-corrected chi connectivity index (χ3v) is 5.87. The van der Waals surface area contributed by atoms with Crippen molar-refractivity contribution < 1.29 is 45.3 Å². The molecule has 3 atom stereocenters. The third kappa shape index (κ3) is 2.26. The number of fused-ring (bicyclic) bond motifs is 3. The fraction of sp³-hybridized carbons (Fsp3) is 0.300. The van der Waals surface area contributed by atoms with Gasteiger partial charge in [-0.25, -0.2) is 0 Å². The summed E-state index contributed by atoms with van der Waals surface area (Å²) < 4.78 is 0. The Bertz CT molecular complexity index is 1100. The Hall–Kier alpha value is -3.14. The van der Waals surface area contributed by atoms with Crippen LogP contribution in [0.1, 0.15) is 74.9 Å². The first-order chi connectivity index (χ1) is 13.5. The van der Waals surface area contributed by atoms with Gasteiger partial charge in [0, 0.05) is 17.5 Å². The smallest absolute Gasteiger partial charge is 0.202 e. The highest BCUT2D eigenvalue weighted by Crippen LogP contribution is 2.55. The number of ketones is 2. The molecule has 0 bridgehead atoms. The zero-order chi connectivity index (χ0) is 21.4. The van der Waals surface area contributed by atoms with Crippen molar-refractivity contribution in [3.63, 3.8) is 0 Å². The average Bonchev–Trinajstić information content (AvgIpc) is 2.67. The van der Waals surface area contributed by atoms with Crippen molar-refractivity contribution in [2.24, 2.45) is 0 Å². The molecule has 4 rings (SSSR count). The molecule has 7 N–H and O–H groups in total. The summed E-state index contributed by atoms with van der Waals surface area (Å²) in [4.78, 5) is 26.0. The maximum Gasteiger partial charge on any atom is 0.202 e. The Morgan fingerprint density at radius 2 is 1.31 bits per heavy atom. The van der Waals surface area contributed by atoms with Crippen molar-refractivity contribution in [1.29, 1.82) is 0 Å². The zero-order valence-electron chi connectivity index (χ0n) is 15.2. The van der Waals surface area contributed by atoms with Gasteiger partial charge >= 0.3 is 0 Å². The molecule has 0 aliphatic heterocycles. The summed E-state index contributed by atoms with van der Waals surface area (Å²) in [5.41, 5.74) is -5.14. The van der Waals surface area contributed by atoms with Crippen molar-refractivity contribution in [3.8, 4) is 23.0 Å². The quantitative estimate of drug-likeness (QED) is 0.291. The normalized spacial score (nSPS) is 25.4. The summed E-state index contributed by atoms with van der Waals surface area (Å²) in [6, 6.07) is 1.99. The number of hydrogen-bond acceptors (Lipinski definition) is 9. The van der Waals surface area contributed by atoms with Crippen LogP contribution in [-0.4, -0.2) is 52.9 Å². The fourth-order valence-electron chi connectivity index (χ4n) is 4.26. The van der Waals surface area contributed by atoms with E-state index in [9.17, 15) is 45.3 Å². The Kier molecular flexibility index (Phi) is 3.92. The van der Waals surface area contributed by atoms with Gasteiger partial charge in [0.1, 0.15) is 29.1 Å². The molecule has 9 heteroatoms. The molecule has 2 aromatic carbocycles. The van der Waals surface area contributed by atoms with Crippen LogP contribution in [0.25, 0.3) is 0 Å². The maximum atomic E-state index is 13.0. The molecular weight excluding hydrogens is 384 g/mol. The third-order valence-electron chi connectivity index (χ3n) is 5.87. The van der Waals surface area contributed by atoms with Gasteiger partial charge in [-0.3, -0.25) is 9.59 Å². The Morgan fingerprint density at radius 1 is 0.862 bits per heavy atom. The maximum absolute atomic E-state index is 13.0. The first kappa shape index (κ1) is 19.2. The number of aliphatic hydroxyl groups excluding tert-OH is 2. The largest absolute Gasteiger partial charge is 0.507 e. The van der Waals surface area contributed by atoms with Crippen LogP contribution in [0.3, 0.4) is 0 Å². The van der Waals surface area contributed by atoms with E-state index in [4.69, 9.17) is 0 Å². The Labute approximate surface area is 163 Å². The van der Waals surface area contributed by atoms with Crippen LogP contribution in [0.15, 0.2) is 12.1 Å². The number of aromatic hydroxyl groups is 4. The predicted molar refractivity (Wildman–Crippen MR) is 96.2 cm³/mol. The van der Waals surface area contributed by atoms with E-state index in [-0.39, 0.29) is 18.4 Å². The van der Waals surface area contributed by atoms with Gasteiger partial charge < -0.3 is 35.7 Å². The van der Waals surface area contributed by atoms with Gasteiger partial charge in [-0.2, -0.15) is 0 Å². The SMILES string of the molecule is CC[C@@]1(O)C[C@H](O)c2c(O)c3c(c(O)c2[C@H]1O)C(=O)c1c(O)ccc(O)c1C3=O. The second-order valence-electron chi connectivity index (χ2n) is 7.37. The minimum Gasteiger partial charge on any atom is -0.507 e. The summed E-state index contributed by atoms with van der Waals surface area (Å²) in [6.07, 6.45) is -3.69. The van der Waals surface area contributed by atoms with Gasteiger partial charge in [0.05, 0.1) is 34.0 Å². The second-order valence-corrected chi connectivity index (χ2v) is 7.37. The number of rotatable bonds is 1. The predicted octanol–water partition coefficient (Wildman–Crippen LogP) is 0.896.